The number of pyridine rings is 1. The SMILES string of the molecule is O=C(O)/C=C/Cc1ccc([C@@H]2CCCCN2CCc2cnn3ccccc23)cc1. The lowest BCUT2D eigenvalue weighted by atomic mass is 9.94. The molecule has 0 spiro atoms. The topological polar surface area (TPSA) is 57.8 Å². The molecule has 0 amide bonds. The lowest BCUT2D eigenvalue weighted by Gasteiger charge is -2.36. The number of hydrogen-bond donors (Lipinski definition) is 1. The zero-order chi connectivity index (χ0) is 20.1. The highest BCUT2D eigenvalue weighted by molar-refractivity contribution is 5.79. The molecule has 0 radical (unpaired) electrons. The standard InChI is InChI=1S/C24H27N3O2/c28-24(29)9-5-6-19-10-12-20(13-11-19)22-7-1-3-15-26(22)17-14-21-18-25-27-16-4-2-8-23(21)27/h2,4-5,8-13,16,18,22H,1,3,6-7,14-15,17H2,(H,28,29)/b9-5+/t22-/m0/s1. The van der Waals surface area contributed by atoms with Gasteiger partial charge < -0.3 is 5.11 Å². The van der Waals surface area contributed by atoms with Gasteiger partial charge in [0.1, 0.15) is 0 Å². The van der Waals surface area contributed by atoms with Crippen molar-refractivity contribution in [2.24, 2.45) is 0 Å². The van der Waals surface area contributed by atoms with Crippen molar-refractivity contribution >= 4 is 11.5 Å². The van der Waals surface area contributed by atoms with Gasteiger partial charge in [0.05, 0.1) is 11.7 Å². The van der Waals surface area contributed by atoms with Crippen molar-refractivity contribution in [2.75, 3.05) is 13.1 Å². The summed E-state index contributed by atoms with van der Waals surface area (Å²) in [5, 5.41) is 13.2. The number of likely N-dealkylation sites (tertiary alicyclic amines) is 1. The molecule has 2 aromatic heterocycles. The Bertz CT molecular complexity index is 991. The molecular weight excluding hydrogens is 362 g/mol. The zero-order valence-electron chi connectivity index (χ0n) is 16.6. The maximum atomic E-state index is 10.6. The molecule has 1 fully saturated rings. The van der Waals surface area contributed by atoms with Gasteiger partial charge in [-0.05, 0) is 61.1 Å². The van der Waals surface area contributed by atoms with Crippen molar-refractivity contribution < 1.29 is 9.90 Å². The number of rotatable bonds is 7. The molecule has 4 rings (SSSR count). The Labute approximate surface area is 171 Å². The van der Waals surface area contributed by atoms with Crippen molar-refractivity contribution in [3.8, 4) is 0 Å². The first-order valence-corrected chi connectivity index (χ1v) is 10.3. The minimum atomic E-state index is -0.898. The third-order valence-electron chi connectivity index (χ3n) is 5.77. The second-order valence-corrected chi connectivity index (χ2v) is 7.68. The van der Waals surface area contributed by atoms with Crippen LogP contribution in [0.25, 0.3) is 5.52 Å². The fourth-order valence-electron chi connectivity index (χ4n) is 4.25. The molecule has 1 aliphatic heterocycles. The van der Waals surface area contributed by atoms with Gasteiger partial charge in [0, 0.05) is 24.9 Å². The van der Waals surface area contributed by atoms with Crippen LogP contribution in [0.5, 0.6) is 0 Å². The molecule has 0 aliphatic carbocycles. The predicted molar refractivity (Wildman–Crippen MR) is 114 cm³/mol. The maximum Gasteiger partial charge on any atom is 0.327 e. The lowest BCUT2D eigenvalue weighted by molar-refractivity contribution is -0.131. The van der Waals surface area contributed by atoms with Crippen LogP contribution < -0.4 is 0 Å². The summed E-state index contributed by atoms with van der Waals surface area (Å²) in [6, 6.07) is 15.3. The van der Waals surface area contributed by atoms with E-state index in [1.807, 2.05) is 23.0 Å². The minimum absolute atomic E-state index is 0.453. The molecule has 0 saturated carbocycles. The van der Waals surface area contributed by atoms with Gasteiger partial charge in [0.2, 0.25) is 0 Å². The molecule has 3 heterocycles. The first kappa shape index (κ1) is 19.4. The monoisotopic (exact) mass is 389 g/mol. The maximum absolute atomic E-state index is 10.6. The fourth-order valence-corrected chi connectivity index (χ4v) is 4.25. The molecule has 0 bridgehead atoms. The van der Waals surface area contributed by atoms with Crippen LogP contribution >= 0.6 is 0 Å². The van der Waals surface area contributed by atoms with E-state index in [2.05, 4.69) is 46.4 Å². The van der Waals surface area contributed by atoms with Gasteiger partial charge >= 0.3 is 5.97 Å². The normalized spacial score (nSPS) is 17.9. The van der Waals surface area contributed by atoms with E-state index in [-0.39, 0.29) is 0 Å². The number of carboxylic acid groups (broad SMARTS) is 1. The molecule has 1 atom stereocenters. The Morgan fingerprint density at radius 2 is 2.03 bits per heavy atom. The van der Waals surface area contributed by atoms with E-state index in [4.69, 9.17) is 5.11 Å². The number of nitrogens with zero attached hydrogens (tertiary/aromatic N) is 3. The number of aromatic nitrogens is 2. The first-order valence-electron chi connectivity index (χ1n) is 10.3. The van der Waals surface area contributed by atoms with Crippen LogP contribution in [0.4, 0.5) is 0 Å². The molecule has 5 heteroatoms. The highest BCUT2D eigenvalue weighted by Gasteiger charge is 2.23. The summed E-state index contributed by atoms with van der Waals surface area (Å²) in [5.74, 6) is -0.898. The van der Waals surface area contributed by atoms with Crippen LogP contribution in [0.15, 0.2) is 67.0 Å². The van der Waals surface area contributed by atoms with Gasteiger partial charge in [0.25, 0.3) is 0 Å². The van der Waals surface area contributed by atoms with Crippen LogP contribution in [0.3, 0.4) is 0 Å². The van der Waals surface area contributed by atoms with Crippen LogP contribution in [-0.2, 0) is 17.6 Å². The molecule has 29 heavy (non-hydrogen) atoms. The number of carbonyl (C=O) groups is 1. The van der Waals surface area contributed by atoms with Gasteiger partial charge in [-0.3, -0.25) is 4.90 Å². The van der Waals surface area contributed by atoms with E-state index < -0.39 is 5.97 Å². The Hall–Kier alpha value is -2.92. The van der Waals surface area contributed by atoms with Crippen LogP contribution in [0.1, 0.15) is 42.0 Å². The van der Waals surface area contributed by atoms with Crippen molar-refractivity contribution in [2.45, 2.75) is 38.1 Å². The van der Waals surface area contributed by atoms with Crippen molar-refractivity contribution in [1.29, 1.82) is 0 Å². The van der Waals surface area contributed by atoms with Crippen molar-refractivity contribution in [1.82, 2.24) is 14.5 Å². The summed E-state index contributed by atoms with van der Waals surface area (Å²) >= 11 is 0. The van der Waals surface area contributed by atoms with E-state index in [0.29, 0.717) is 12.5 Å². The highest BCUT2D eigenvalue weighted by Crippen LogP contribution is 2.31. The molecule has 1 aromatic carbocycles. The molecule has 1 saturated heterocycles. The highest BCUT2D eigenvalue weighted by atomic mass is 16.4. The largest absolute Gasteiger partial charge is 0.478 e. The van der Waals surface area contributed by atoms with E-state index >= 15 is 0 Å². The van der Waals surface area contributed by atoms with E-state index in [1.54, 1.807) is 6.08 Å². The third kappa shape index (κ3) is 4.74. The Morgan fingerprint density at radius 1 is 1.17 bits per heavy atom. The van der Waals surface area contributed by atoms with E-state index in [0.717, 1.165) is 25.1 Å². The summed E-state index contributed by atoms with van der Waals surface area (Å²) < 4.78 is 1.94. The zero-order valence-corrected chi connectivity index (χ0v) is 16.6. The summed E-state index contributed by atoms with van der Waals surface area (Å²) in [7, 11) is 0. The molecule has 150 valence electrons. The molecule has 1 aliphatic rings. The van der Waals surface area contributed by atoms with Crippen molar-refractivity contribution in [3.05, 3.63) is 83.7 Å². The lowest BCUT2D eigenvalue weighted by Crippen LogP contribution is -2.35. The second kappa shape index (κ2) is 9.05. The quantitative estimate of drug-likeness (QED) is 0.613. The first-order chi connectivity index (χ1) is 14.2. The third-order valence-corrected chi connectivity index (χ3v) is 5.77. The number of piperidine rings is 1. The van der Waals surface area contributed by atoms with E-state index in [1.165, 1.54) is 42.0 Å². The number of benzene rings is 1. The smallest absolute Gasteiger partial charge is 0.327 e. The second-order valence-electron chi connectivity index (χ2n) is 7.68. The number of aliphatic carboxylic acids is 1. The predicted octanol–water partition coefficient (Wildman–Crippen LogP) is 4.29. The number of carboxylic acids is 1. The number of allylic oxidation sites excluding steroid dienone is 1. The Kier molecular flexibility index (Phi) is 6.06. The van der Waals surface area contributed by atoms with Crippen LogP contribution in [0.2, 0.25) is 0 Å². The van der Waals surface area contributed by atoms with E-state index in [9.17, 15) is 4.79 Å². The van der Waals surface area contributed by atoms with Crippen LogP contribution in [0, 0.1) is 0 Å². The minimum Gasteiger partial charge on any atom is -0.478 e. The molecule has 1 N–H and O–H groups in total. The summed E-state index contributed by atoms with van der Waals surface area (Å²) in [5.41, 5.74) is 4.99. The fraction of sp³-hybridized carbons (Fsp3) is 0.333. The molecule has 5 nitrogen and oxygen atoms in total. The van der Waals surface area contributed by atoms with Crippen LogP contribution in [-0.4, -0.2) is 38.7 Å². The Morgan fingerprint density at radius 3 is 2.86 bits per heavy atom. The Balaban J connectivity index is 1.42. The van der Waals surface area contributed by atoms with Gasteiger partial charge in [0.15, 0.2) is 0 Å². The summed E-state index contributed by atoms with van der Waals surface area (Å²) in [4.78, 5) is 13.2. The molecular formula is C24H27N3O2. The molecule has 3 aromatic rings. The summed E-state index contributed by atoms with van der Waals surface area (Å²) in [6.07, 6.45) is 12.2. The van der Waals surface area contributed by atoms with Gasteiger partial charge in [-0.2, -0.15) is 5.10 Å². The molecule has 0 unspecified atom stereocenters. The average molecular weight is 389 g/mol. The van der Waals surface area contributed by atoms with Gasteiger partial charge in [-0.15, -0.1) is 0 Å². The average Bonchev–Trinajstić information content (AvgIpc) is 3.16. The summed E-state index contributed by atoms with van der Waals surface area (Å²) in [6.45, 7) is 2.16. The number of hydrogen-bond acceptors (Lipinski definition) is 3. The van der Waals surface area contributed by atoms with Gasteiger partial charge in [-0.25, -0.2) is 9.31 Å². The van der Waals surface area contributed by atoms with Gasteiger partial charge in [-0.1, -0.05) is 42.8 Å². The number of fused-ring (bicyclic) bond motifs is 1. The van der Waals surface area contributed by atoms with Crippen molar-refractivity contribution in [3.63, 3.8) is 0 Å².